The molecule has 0 aliphatic rings. The summed E-state index contributed by atoms with van der Waals surface area (Å²) in [7, 11) is 0. The molecular formula is C16H12ClFN4O2. The van der Waals surface area contributed by atoms with E-state index in [4.69, 9.17) is 16.0 Å². The van der Waals surface area contributed by atoms with Gasteiger partial charge in [-0.3, -0.25) is 0 Å². The Balaban J connectivity index is 1.58. The van der Waals surface area contributed by atoms with Gasteiger partial charge in [0.25, 0.3) is 5.89 Å². The first-order chi connectivity index (χ1) is 11.6. The normalized spacial score (nSPS) is 10.4. The monoisotopic (exact) mass is 346 g/mol. The van der Waals surface area contributed by atoms with Gasteiger partial charge in [-0.2, -0.15) is 0 Å². The largest absolute Gasteiger partial charge is 0.419 e. The van der Waals surface area contributed by atoms with Crippen LogP contribution in [-0.2, 0) is 6.54 Å². The number of carbonyl (C=O) groups excluding carboxylic acids is 1. The van der Waals surface area contributed by atoms with Gasteiger partial charge in [-0.15, -0.1) is 10.2 Å². The highest BCUT2D eigenvalue weighted by molar-refractivity contribution is 6.30. The van der Waals surface area contributed by atoms with Crippen LogP contribution in [0.3, 0.4) is 0 Å². The predicted molar refractivity (Wildman–Crippen MR) is 87.0 cm³/mol. The lowest BCUT2D eigenvalue weighted by Gasteiger charge is -2.05. The molecular weight excluding hydrogens is 335 g/mol. The summed E-state index contributed by atoms with van der Waals surface area (Å²) in [5, 5.41) is 13.3. The number of aromatic nitrogens is 2. The zero-order chi connectivity index (χ0) is 16.9. The Morgan fingerprint density at radius 2 is 1.88 bits per heavy atom. The third-order valence-corrected chi connectivity index (χ3v) is 3.33. The van der Waals surface area contributed by atoms with Gasteiger partial charge in [0, 0.05) is 10.7 Å². The second-order valence-corrected chi connectivity index (χ2v) is 5.23. The minimum atomic E-state index is -0.457. The molecule has 0 spiro atoms. The summed E-state index contributed by atoms with van der Waals surface area (Å²) in [5.41, 5.74) is 0.802. The molecule has 24 heavy (non-hydrogen) atoms. The molecule has 2 N–H and O–H groups in total. The molecule has 8 heteroatoms. The molecule has 2 amide bonds. The first kappa shape index (κ1) is 15.9. The van der Waals surface area contributed by atoms with Crippen LogP contribution in [0.15, 0.2) is 52.9 Å². The van der Waals surface area contributed by atoms with Crippen LogP contribution < -0.4 is 10.6 Å². The molecule has 0 radical (unpaired) electrons. The first-order valence-electron chi connectivity index (χ1n) is 6.99. The average Bonchev–Trinajstić information content (AvgIpc) is 3.04. The van der Waals surface area contributed by atoms with Crippen molar-refractivity contribution in [2.24, 2.45) is 0 Å². The SMILES string of the molecule is O=C(NCc1nnc(-c2ccccc2F)o1)Nc1ccc(Cl)cc1. The minimum Gasteiger partial charge on any atom is -0.419 e. The van der Waals surface area contributed by atoms with Crippen LogP contribution in [0, 0.1) is 5.82 Å². The molecule has 0 atom stereocenters. The van der Waals surface area contributed by atoms with E-state index in [2.05, 4.69) is 20.8 Å². The van der Waals surface area contributed by atoms with Crippen LogP contribution in [0.25, 0.3) is 11.5 Å². The maximum atomic E-state index is 13.7. The number of hydrogen-bond acceptors (Lipinski definition) is 4. The molecule has 0 saturated carbocycles. The fraction of sp³-hybridized carbons (Fsp3) is 0.0625. The molecule has 1 heterocycles. The Kier molecular flexibility index (Phi) is 4.72. The van der Waals surface area contributed by atoms with E-state index >= 15 is 0 Å². The average molecular weight is 347 g/mol. The number of amides is 2. The molecule has 2 aromatic carbocycles. The fourth-order valence-corrected chi connectivity index (χ4v) is 2.06. The zero-order valence-electron chi connectivity index (χ0n) is 12.3. The number of carbonyl (C=O) groups is 1. The third-order valence-electron chi connectivity index (χ3n) is 3.07. The van der Waals surface area contributed by atoms with E-state index in [0.717, 1.165) is 0 Å². The van der Waals surface area contributed by atoms with Gasteiger partial charge < -0.3 is 15.1 Å². The van der Waals surface area contributed by atoms with E-state index in [1.54, 1.807) is 36.4 Å². The second-order valence-electron chi connectivity index (χ2n) is 4.80. The van der Waals surface area contributed by atoms with E-state index in [-0.39, 0.29) is 23.9 Å². The van der Waals surface area contributed by atoms with Crippen molar-refractivity contribution in [3.63, 3.8) is 0 Å². The number of urea groups is 1. The molecule has 3 aromatic rings. The summed E-state index contributed by atoms with van der Waals surface area (Å²) >= 11 is 5.77. The molecule has 0 fully saturated rings. The number of hydrogen-bond donors (Lipinski definition) is 2. The maximum absolute atomic E-state index is 13.7. The molecule has 0 saturated heterocycles. The molecule has 6 nitrogen and oxygen atoms in total. The molecule has 0 aliphatic carbocycles. The van der Waals surface area contributed by atoms with Gasteiger partial charge in [-0.05, 0) is 36.4 Å². The molecule has 3 rings (SSSR count). The van der Waals surface area contributed by atoms with E-state index in [9.17, 15) is 9.18 Å². The van der Waals surface area contributed by atoms with Crippen LogP contribution >= 0.6 is 11.6 Å². The number of anilines is 1. The summed E-state index contributed by atoms with van der Waals surface area (Å²) in [6.45, 7) is 0.0148. The minimum absolute atomic E-state index is 0.0148. The van der Waals surface area contributed by atoms with E-state index < -0.39 is 11.8 Å². The highest BCUT2D eigenvalue weighted by Crippen LogP contribution is 2.20. The first-order valence-corrected chi connectivity index (χ1v) is 7.37. The zero-order valence-corrected chi connectivity index (χ0v) is 13.0. The number of halogens is 2. The third kappa shape index (κ3) is 3.88. The summed E-state index contributed by atoms with van der Waals surface area (Å²) in [6, 6.07) is 12.3. The molecule has 1 aromatic heterocycles. The van der Waals surface area contributed by atoms with Gasteiger partial charge in [0.05, 0.1) is 12.1 Å². The molecule has 0 aliphatic heterocycles. The predicted octanol–water partition coefficient (Wildman–Crippen LogP) is 3.85. The maximum Gasteiger partial charge on any atom is 0.319 e. The Labute approximate surface area is 141 Å². The smallest absolute Gasteiger partial charge is 0.319 e. The second kappa shape index (κ2) is 7.10. The number of benzene rings is 2. The molecule has 122 valence electrons. The van der Waals surface area contributed by atoms with Gasteiger partial charge in [0.1, 0.15) is 5.82 Å². The van der Waals surface area contributed by atoms with Crippen molar-refractivity contribution in [2.75, 3.05) is 5.32 Å². The van der Waals surface area contributed by atoms with Crippen molar-refractivity contribution in [1.82, 2.24) is 15.5 Å². The van der Waals surface area contributed by atoms with Gasteiger partial charge in [-0.25, -0.2) is 9.18 Å². The summed E-state index contributed by atoms with van der Waals surface area (Å²) in [4.78, 5) is 11.8. The van der Waals surface area contributed by atoms with Gasteiger partial charge in [0.15, 0.2) is 0 Å². The van der Waals surface area contributed by atoms with Crippen molar-refractivity contribution in [3.05, 3.63) is 65.3 Å². The van der Waals surface area contributed by atoms with Crippen molar-refractivity contribution >= 4 is 23.3 Å². The fourth-order valence-electron chi connectivity index (χ4n) is 1.93. The summed E-state index contributed by atoms with van der Waals surface area (Å²) in [5.74, 6) is -0.233. The van der Waals surface area contributed by atoms with Crippen molar-refractivity contribution in [2.45, 2.75) is 6.54 Å². The number of rotatable bonds is 4. The number of nitrogens with zero attached hydrogens (tertiary/aromatic N) is 2. The number of nitrogens with one attached hydrogen (secondary N) is 2. The quantitative estimate of drug-likeness (QED) is 0.752. The summed E-state index contributed by atoms with van der Waals surface area (Å²) in [6.07, 6.45) is 0. The van der Waals surface area contributed by atoms with Crippen molar-refractivity contribution in [1.29, 1.82) is 0 Å². The van der Waals surface area contributed by atoms with E-state index in [0.29, 0.717) is 10.7 Å². The Morgan fingerprint density at radius 3 is 2.62 bits per heavy atom. The topological polar surface area (TPSA) is 80.1 Å². The lowest BCUT2D eigenvalue weighted by atomic mass is 10.2. The van der Waals surface area contributed by atoms with Crippen LogP contribution in [0.2, 0.25) is 5.02 Å². The highest BCUT2D eigenvalue weighted by atomic mass is 35.5. The molecule has 0 bridgehead atoms. The van der Waals surface area contributed by atoms with Crippen molar-refractivity contribution in [3.8, 4) is 11.5 Å². The Hall–Kier alpha value is -2.93. The van der Waals surface area contributed by atoms with Crippen LogP contribution in [0.5, 0.6) is 0 Å². The van der Waals surface area contributed by atoms with Gasteiger partial charge in [-0.1, -0.05) is 23.7 Å². The van der Waals surface area contributed by atoms with Crippen LogP contribution in [0.1, 0.15) is 5.89 Å². The lowest BCUT2D eigenvalue weighted by molar-refractivity contribution is 0.250. The van der Waals surface area contributed by atoms with Gasteiger partial charge >= 0.3 is 6.03 Å². The highest BCUT2D eigenvalue weighted by Gasteiger charge is 2.13. The van der Waals surface area contributed by atoms with Crippen molar-refractivity contribution < 1.29 is 13.6 Å². The summed E-state index contributed by atoms with van der Waals surface area (Å²) < 4.78 is 19.0. The van der Waals surface area contributed by atoms with Gasteiger partial charge in [0.2, 0.25) is 5.89 Å². The molecule has 0 unspecified atom stereocenters. The van der Waals surface area contributed by atoms with E-state index in [1.807, 2.05) is 0 Å². The van der Waals surface area contributed by atoms with E-state index in [1.165, 1.54) is 12.1 Å². The van der Waals surface area contributed by atoms with Crippen LogP contribution in [0.4, 0.5) is 14.9 Å². The lowest BCUT2D eigenvalue weighted by Crippen LogP contribution is -2.28. The van der Waals surface area contributed by atoms with Crippen LogP contribution in [-0.4, -0.2) is 16.2 Å². The Bertz CT molecular complexity index is 851. The Morgan fingerprint density at radius 1 is 1.12 bits per heavy atom. The standard InChI is InChI=1S/C16H12ClFN4O2/c17-10-5-7-11(8-6-10)20-16(23)19-9-14-21-22-15(24-14)12-3-1-2-4-13(12)18/h1-8H,9H2,(H2,19,20,23).